The Morgan fingerprint density at radius 3 is 2.13 bits per heavy atom. The van der Waals surface area contributed by atoms with Crippen LogP contribution in [0.15, 0.2) is 36.4 Å². The van der Waals surface area contributed by atoms with Gasteiger partial charge in [-0.3, -0.25) is 0 Å². The molecule has 0 N–H and O–H groups in total. The zero-order valence-corrected chi connectivity index (χ0v) is 16.1. The van der Waals surface area contributed by atoms with Crippen molar-refractivity contribution in [1.82, 2.24) is 0 Å². The Bertz CT molecular complexity index is 432. The van der Waals surface area contributed by atoms with E-state index < -0.39 is 0 Å². The second kappa shape index (κ2) is 11.7. The Balaban J connectivity index is 2.41. The summed E-state index contributed by atoms with van der Waals surface area (Å²) in [5, 5.41) is 0.813. The summed E-state index contributed by atoms with van der Waals surface area (Å²) in [4.78, 5) is 0. The molecule has 0 fully saturated rings. The summed E-state index contributed by atoms with van der Waals surface area (Å²) in [5.41, 5.74) is 1.33. The molecule has 130 valence electrons. The third-order valence-corrected chi connectivity index (χ3v) is 5.26. The summed E-state index contributed by atoms with van der Waals surface area (Å²) >= 11 is 5.93. The largest absolute Gasteiger partial charge is 0.321 e. The minimum atomic E-state index is 0.813. The highest BCUT2D eigenvalue weighted by atomic mass is 35.5. The first-order valence-corrected chi connectivity index (χ1v) is 9.78. The van der Waals surface area contributed by atoms with E-state index in [4.69, 9.17) is 11.6 Å². The zero-order chi connectivity index (χ0) is 17.0. The normalized spacial score (nSPS) is 12.2. The average molecular weight is 337 g/mol. The number of rotatable bonds is 12. The number of benzene rings is 1. The van der Waals surface area contributed by atoms with E-state index >= 15 is 0 Å². The van der Waals surface area contributed by atoms with E-state index in [1.807, 2.05) is 12.1 Å². The van der Waals surface area contributed by atoms with Gasteiger partial charge >= 0.3 is 0 Å². The fraction of sp³-hybridized carbons (Fsp3) is 0.619. The van der Waals surface area contributed by atoms with Crippen molar-refractivity contribution >= 4 is 11.6 Å². The van der Waals surface area contributed by atoms with Gasteiger partial charge in [-0.15, -0.1) is 0 Å². The first kappa shape index (κ1) is 20.3. The number of unbranched alkanes of at least 4 members (excludes halogenated alkanes) is 4. The van der Waals surface area contributed by atoms with Gasteiger partial charge in [0.2, 0.25) is 0 Å². The maximum atomic E-state index is 5.93. The maximum Gasteiger partial charge on any atom is 0.0973 e. The molecule has 1 aromatic carbocycles. The van der Waals surface area contributed by atoms with E-state index in [1.54, 1.807) is 0 Å². The number of hydrogen-bond acceptors (Lipinski definition) is 0. The highest BCUT2D eigenvalue weighted by Gasteiger charge is 2.20. The molecule has 0 aliphatic rings. The van der Waals surface area contributed by atoms with Gasteiger partial charge in [-0.1, -0.05) is 56.0 Å². The third-order valence-electron chi connectivity index (χ3n) is 5.00. The van der Waals surface area contributed by atoms with Gasteiger partial charge in [-0.25, -0.2) is 0 Å². The van der Waals surface area contributed by atoms with Gasteiger partial charge in [0.05, 0.1) is 26.2 Å². The molecule has 0 unspecified atom stereocenters. The molecule has 1 rings (SSSR count). The minimum absolute atomic E-state index is 0.813. The summed E-state index contributed by atoms with van der Waals surface area (Å²) in [6.07, 6.45) is 12.6. The first-order chi connectivity index (χ1) is 11.2. The zero-order valence-electron chi connectivity index (χ0n) is 15.4. The number of quaternary nitrogens is 1. The number of nitrogens with zero attached hydrogens (tertiary/aromatic N) is 1. The molecule has 23 heavy (non-hydrogen) atoms. The predicted octanol–water partition coefficient (Wildman–Crippen LogP) is 6.27. The quantitative estimate of drug-likeness (QED) is 0.240. The minimum Gasteiger partial charge on any atom is -0.321 e. The Hall–Kier alpha value is -0.790. The number of likely N-dealkylation sites (N-methyl/N-ethyl adjacent to an activating group) is 1. The second-order valence-corrected chi connectivity index (χ2v) is 7.03. The molecular formula is C21H35ClN+. The van der Waals surface area contributed by atoms with Crippen LogP contribution in [-0.2, 0) is 6.42 Å². The van der Waals surface area contributed by atoms with Crippen LogP contribution >= 0.6 is 11.6 Å². The van der Waals surface area contributed by atoms with Gasteiger partial charge < -0.3 is 4.48 Å². The topological polar surface area (TPSA) is 0 Å². The summed E-state index contributed by atoms with van der Waals surface area (Å²) in [6, 6.07) is 8.17. The highest BCUT2D eigenvalue weighted by Crippen LogP contribution is 2.13. The standard InChI is InChI=1S/C21H35ClN/c1-4-7-8-9-11-18-23(5-2,6-3)19-12-10-13-20-14-16-21(22)17-15-20/h10,12,14-17H,4-9,11,13,18-19H2,1-3H3/q+1/b12-10-. The van der Waals surface area contributed by atoms with Crippen molar-refractivity contribution in [3.05, 3.63) is 47.0 Å². The van der Waals surface area contributed by atoms with Gasteiger partial charge in [0, 0.05) is 5.02 Å². The molecule has 1 aromatic rings. The van der Waals surface area contributed by atoms with Gasteiger partial charge in [-0.05, 0) is 56.9 Å². The van der Waals surface area contributed by atoms with Crippen molar-refractivity contribution in [3.8, 4) is 0 Å². The first-order valence-electron chi connectivity index (χ1n) is 9.40. The fourth-order valence-corrected chi connectivity index (χ4v) is 3.20. The van der Waals surface area contributed by atoms with Crippen molar-refractivity contribution in [2.75, 3.05) is 26.2 Å². The second-order valence-electron chi connectivity index (χ2n) is 6.60. The molecule has 0 spiro atoms. The van der Waals surface area contributed by atoms with E-state index in [2.05, 4.69) is 45.1 Å². The number of halogens is 1. The van der Waals surface area contributed by atoms with E-state index in [0.29, 0.717) is 0 Å². The SMILES string of the molecule is CCCCCCC[N+](CC)(CC)C/C=C\Cc1ccc(Cl)cc1. The van der Waals surface area contributed by atoms with Crippen LogP contribution in [-0.4, -0.2) is 30.7 Å². The average Bonchev–Trinajstić information content (AvgIpc) is 2.58. The highest BCUT2D eigenvalue weighted by molar-refractivity contribution is 6.30. The number of hydrogen-bond donors (Lipinski definition) is 0. The molecule has 0 bridgehead atoms. The van der Waals surface area contributed by atoms with E-state index in [9.17, 15) is 0 Å². The van der Waals surface area contributed by atoms with Crippen LogP contribution in [0.4, 0.5) is 0 Å². The van der Waals surface area contributed by atoms with Crippen LogP contribution in [0.25, 0.3) is 0 Å². The van der Waals surface area contributed by atoms with Crippen LogP contribution in [0.3, 0.4) is 0 Å². The Morgan fingerprint density at radius 2 is 1.52 bits per heavy atom. The van der Waals surface area contributed by atoms with Crippen LogP contribution in [0, 0.1) is 0 Å². The Kier molecular flexibility index (Phi) is 10.3. The lowest BCUT2D eigenvalue weighted by Crippen LogP contribution is -2.48. The summed E-state index contributed by atoms with van der Waals surface area (Å²) < 4.78 is 1.23. The lowest BCUT2D eigenvalue weighted by atomic mass is 10.1. The van der Waals surface area contributed by atoms with E-state index in [1.165, 1.54) is 61.8 Å². The molecule has 0 atom stereocenters. The summed E-state index contributed by atoms with van der Waals surface area (Å²) in [5.74, 6) is 0. The van der Waals surface area contributed by atoms with Crippen LogP contribution < -0.4 is 0 Å². The molecular weight excluding hydrogens is 302 g/mol. The maximum absolute atomic E-state index is 5.93. The van der Waals surface area contributed by atoms with Crippen molar-refractivity contribution in [1.29, 1.82) is 0 Å². The molecule has 2 heteroatoms. The predicted molar refractivity (Wildman–Crippen MR) is 104 cm³/mol. The molecule has 0 aliphatic heterocycles. The van der Waals surface area contributed by atoms with Crippen molar-refractivity contribution < 1.29 is 4.48 Å². The van der Waals surface area contributed by atoms with E-state index in [0.717, 1.165) is 18.0 Å². The van der Waals surface area contributed by atoms with Gasteiger partial charge in [0.25, 0.3) is 0 Å². The van der Waals surface area contributed by atoms with Crippen molar-refractivity contribution in [2.24, 2.45) is 0 Å². The van der Waals surface area contributed by atoms with Gasteiger partial charge in [0.1, 0.15) is 0 Å². The molecule has 0 aliphatic carbocycles. The van der Waals surface area contributed by atoms with Crippen molar-refractivity contribution in [3.63, 3.8) is 0 Å². The summed E-state index contributed by atoms with van der Waals surface area (Å²) in [7, 11) is 0. The third kappa shape index (κ3) is 8.04. The Labute approximate surface area is 148 Å². The summed E-state index contributed by atoms with van der Waals surface area (Å²) in [6.45, 7) is 11.9. The lowest BCUT2D eigenvalue weighted by Gasteiger charge is -2.36. The smallest absolute Gasteiger partial charge is 0.0973 e. The molecule has 0 aromatic heterocycles. The Morgan fingerprint density at radius 1 is 0.870 bits per heavy atom. The van der Waals surface area contributed by atoms with Crippen LogP contribution in [0.2, 0.25) is 5.02 Å². The molecule has 0 heterocycles. The molecule has 0 saturated carbocycles. The molecule has 1 nitrogen and oxygen atoms in total. The van der Waals surface area contributed by atoms with E-state index in [-0.39, 0.29) is 0 Å². The fourth-order valence-electron chi connectivity index (χ4n) is 3.08. The monoisotopic (exact) mass is 336 g/mol. The lowest BCUT2D eigenvalue weighted by molar-refractivity contribution is -0.919. The molecule has 0 amide bonds. The number of allylic oxidation sites excluding steroid dienone is 1. The van der Waals surface area contributed by atoms with Gasteiger partial charge in [-0.2, -0.15) is 0 Å². The van der Waals surface area contributed by atoms with Crippen LogP contribution in [0.1, 0.15) is 58.4 Å². The molecule has 0 radical (unpaired) electrons. The van der Waals surface area contributed by atoms with Crippen molar-refractivity contribution in [2.45, 2.75) is 59.3 Å². The molecule has 0 saturated heterocycles. The van der Waals surface area contributed by atoms with Crippen LogP contribution in [0.5, 0.6) is 0 Å². The van der Waals surface area contributed by atoms with Gasteiger partial charge in [0.15, 0.2) is 0 Å².